The average Bonchev–Trinajstić information content (AvgIpc) is 2.69. The molecule has 0 aromatic carbocycles. The molecular formula is C13H19ClN2S. The van der Waals surface area contributed by atoms with Crippen LogP contribution < -0.4 is 5.32 Å². The first-order valence-corrected chi connectivity index (χ1v) is 7.09. The molecule has 0 aliphatic carbocycles. The molecule has 94 valence electrons. The van der Waals surface area contributed by atoms with Gasteiger partial charge in [0.2, 0.25) is 0 Å². The normalized spacial score (nSPS) is 11.4. The minimum Gasteiger partial charge on any atom is -0.312 e. The molecule has 1 N–H and O–H groups in total. The summed E-state index contributed by atoms with van der Waals surface area (Å²) in [6, 6.07) is 6.31. The highest BCUT2D eigenvalue weighted by atomic mass is 35.5. The van der Waals surface area contributed by atoms with Crippen molar-refractivity contribution < 1.29 is 0 Å². The first kappa shape index (κ1) is 14.5. The first-order chi connectivity index (χ1) is 8.03. The second kappa shape index (κ2) is 7.00. The van der Waals surface area contributed by atoms with Crippen LogP contribution in [0.15, 0.2) is 12.1 Å². The molecule has 1 aromatic rings. The van der Waals surface area contributed by atoms with Crippen molar-refractivity contribution in [3.63, 3.8) is 0 Å². The second-order valence-corrected chi connectivity index (χ2v) is 6.64. The molecular weight excluding hydrogens is 252 g/mol. The maximum atomic E-state index is 8.87. The Kier molecular flexibility index (Phi) is 5.97. The van der Waals surface area contributed by atoms with Gasteiger partial charge in [0, 0.05) is 11.4 Å². The Morgan fingerprint density at radius 3 is 2.76 bits per heavy atom. The van der Waals surface area contributed by atoms with E-state index in [0.717, 1.165) is 36.7 Å². The summed E-state index contributed by atoms with van der Waals surface area (Å²) in [7, 11) is 0. The Labute approximate surface area is 113 Å². The summed E-state index contributed by atoms with van der Waals surface area (Å²) < 4.78 is 0.845. The van der Waals surface area contributed by atoms with Gasteiger partial charge < -0.3 is 5.32 Å². The summed E-state index contributed by atoms with van der Waals surface area (Å²) in [5.41, 5.74) is -0.179. The van der Waals surface area contributed by atoms with Crippen molar-refractivity contribution in [1.29, 1.82) is 5.26 Å². The Bertz CT molecular complexity index is 379. The zero-order valence-corrected chi connectivity index (χ0v) is 12.0. The van der Waals surface area contributed by atoms with Gasteiger partial charge in [-0.05, 0) is 45.4 Å². The van der Waals surface area contributed by atoms with Crippen molar-refractivity contribution in [2.75, 3.05) is 6.54 Å². The SMILES string of the molecule is CC(C)(C#N)CCCCNCc1ccc(Cl)s1. The van der Waals surface area contributed by atoms with E-state index in [4.69, 9.17) is 16.9 Å². The molecule has 0 spiro atoms. The summed E-state index contributed by atoms with van der Waals surface area (Å²) in [5, 5.41) is 12.3. The van der Waals surface area contributed by atoms with Crippen LogP contribution in [0.1, 0.15) is 38.0 Å². The Hall–Kier alpha value is -0.560. The number of rotatable bonds is 7. The van der Waals surface area contributed by atoms with E-state index in [9.17, 15) is 0 Å². The minimum absolute atomic E-state index is 0.179. The third-order valence-corrected chi connectivity index (χ3v) is 3.87. The summed E-state index contributed by atoms with van der Waals surface area (Å²) in [6.45, 7) is 5.87. The molecule has 0 aliphatic rings. The maximum Gasteiger partial charge on any atom is 0.0931 e. The average molecular weight is 271 g/mol. The van der Waals surface area contributed by atoms with Crippen molar-refractivity contribution in [3.05, 3.63) is 21.3 Å². The smallest absolute Gasteiger partial charge is 0.0931 e. The molecule has 1 aromatic heterocycles. The van der Waals surface area contributed by atoms with Crippen molar-refractivity contribution in [3.8, 4) is 6.07 Å². The Balaban J connectivity index is 2.04. The maximum absolute atomic E-state index is 8.87. The minimum atomic E-state index is -0.179. The lowest BCUT2D eigenvalue weighted by molar-refractivity contribution is 0.422. The predicted octanol–water partition coefficient (Wildman–Crippen LogP) is 4.21. The summed E-state index contributed by atoms with van der Waals surface area (Å²) in [6.07, 6.45) is 3.18. The predicted molar refractivity (Wildman–Crippen MR) is 74.3 cm³/mol. The van der Waals surface area contributed by atoms with E-state index in [-0.39, 0.29) is 5.41 Å². The number of nitriles is 1. The summed E-state index contributed by atoms with van der Waals surface area (Å²) >= 11 is 7.47. The van der Waals surface area contributed by atoms with E-state index in [1.807, 2.05) is 19.9 Å². The van der Waals surface area contributed by atoms with Crippen LogP contribution in [0, 0.1) is 16.7 Å². The molecule has 0 aliphatic heterocycles. The van der Waals surface area contributed by atoms with E-state index >= 15 is 0 Å². The molecule has 0 radical (unpaired) electrons. The van der Waals surface area contributed by atoms with Crippen molar-refractivity contribution in [2.45, 2.75) is 39.7 Å². The lowest BCUT2D eigenvalue weighted by Crippen LogP contribution is -2.15. The van der Waals surface area contributed by atoms with E-state index < -0.39 is 0 Å². The molecule has 1 heterocycles. The van der Waals surface area contributed by atoms with E-state index in [1.165, 1.54) is 4.88 Å². The van der Waals surface area contributed by atoms with Crippen LogP contribution in [0.2, 0.25) is 4.34 Å². The van der Waals surface area contributed by atoms with Crippen LogP contribution in [0.3, 0.4) is 0 Å². The van der Waals surface area contributed by atoms with Gasteiger partial charge in [-0.25, -0.2) is 0 Å². The number of nitrogens with zero attached hydrogens (tertiary/aromatic N) is 1. The molecule has 2 nitrogen and oxygen atoms in total. The van der Waals surface area contributed by atoms with Crippen LogP contribution in [-0.4, -0.2) is 6.54 Å². The molecule has 0 bridgehead atoms. The first-order valence-electron chi connectivity index (χ1n) is 5.90. The van der Waals surface area contributed by atoms with Crippen molar-refractivity contribution >= 4 is 22.9 Å². The van der Waals surface area contributed by atoms with Gasteiger partial charge in [-0.15, -0.1) is 11.3 Å². The van der Waals surface area contributed by atoms with Crippen molar-refractivity contribution in [1.82, 2.24) is 5.32 Å². The fourth-order valence-corrected chi connectivity index (χ4v) is 2.59. The fraction of sp³-hybridized carbons (Fsp3) is 0.615. The highest BCUT2D eigenvalue weighted by Crippen LogP contribution is 2.22. The van der Waals surface area contributed by atoms with Crippen LogP contribution in [0.25, 0.3) is 0 Å². The highest BCUT2D eigenvalue weighted by molar-refractivity contribution is 7.16. The molecule has 0 atom stereocenters. The molecule has 1 rings (SSSR count). The molecule has 0 saturated carbocycles. The van der Waals surface area contributed by atoms with Crippen LogP contribution in [0.4, 0.5) is 0 Å². The Morgan fingerprint density at radius 2 is 2.18 bits per heavy atom. The molecule has 0 saturated heterocycles. The van der Waals surface area contributed by atoms with Crippen LogP contribution in [0.5, 0.6) is 0 Å². The lowest BCUT2D eigenvalue weighted by Gasteiger charge is -2.14. The van der Waals surface area contributed by atoms with Gasteiger partial charge in [0.15, 0.2) is 0 Å². The highest BCUT2D eigenvalue weighted by Gasteiger charge is 2.15. The summed E-state index contributed by atoms with van der Waals surface area (Å²) in [4.78, 5) is 1.27. The number of halogens is 1. The largest absolute Gasteiger partial charge is 0.312 e. The number of hydrogen-bond donors (Lipinski definition) is 1. The second-order valence-electron chi connectivity index (χ2n) is 4.84. The monoisotopic (exact) mass is 270 g/mol. The zero-order chi connectivity index (χ0) is 12.7. The standard InChI is InChI=1S/C13H19ClN2S/c1-13(2,10-15)7-3-4-8-16-9-11-5-6-12(14)17-11/h5-6,16H,3-4,7-9H2,1-2H3. The quantitative estimate of drug-likeness (QED) is 0.754. The van der Waals surface area contributed by atoms with Gasteiger partial charge in [-0.2, -0.15) is 5.26 Å². The third-order valence-electron chi connectivity index (χ3n) is 2.64. The van der Waals surface area contributed by atoms with Gasteiger partial charge in [-0.1, -0.05) is 18.0 Å². The van der Waals surface area contributed by atoms with E-state index in [2.05, 4.69) is 17.5 Å². The van der Waals surface area contributed by atoms with Crippen LogP contribution in [-0.2, 0) is 6.54 Å². The molecule has 0 unspecified atom stereocenters. The topological polar surface area (TPSA) is 35.8 Å². The number of thiophene rings is 1. The van der Waals surface area contributed by atoms with E-state index in [1.54, 1.807) is 11.3 Å². The van der Waals surface area contributed by atoms with Gasteiger partial charge in [0.1, 0.15) is 0 Å². The van der Waals surface area contributed by atoms with Crippen LogP contribution >= 0.6 is 22.9 Å². The zero-order valence-electron chi connectivity index (χ0n) is 10.4. The van der Waals surface area contributed by atoms with Gasteiger partial charge in [0.05, 0.1) is 15.8 Å². The molecule has 0 fully saturated rings. The lowest BCUT2D eigenvalue weighted by atomic mass is 9.89. The van der Waals surface area contributed by atoms with Gasteiger partial charge in [0.25, 0.3) is 0 Å². The number of unbranched alkanes of at least 4 members (excludes halogenated alkanes) is 1. The Morgan fingerprint density at radius 1 is 1.41 bits per heavy atom. The van der Waals surface area contributed by atoms with E-state index in [0.29, 0.717) is 0 Å². The number of hydrogen-bond acceptors (Lipinski definition) is 3. The van der Waals surface area contributed by atoms with Gasteiger partial charge in [-0.3, -0.25) is 0 Å². The summed E-state index contributed by atoms with van der Waals surface area (Å²) in [5.74, 6) is 0. The molecule has 0 amide bonds. The number of nitrogens with one attached hydrogen (secondary N) is 1. The fourth-order valence-electron chi connectivity index (χ4n) is 1.53. The molecule has 17 heavy (non-hydrogen) atoms. The third kappa shape index (κ3) is 6.07. The van der Waals surface area contributed by atoms with Gasteiger partial charge >= 0.3 is 0 Å². The van der Waals surface area contributed by atoms with Crippen molar-refractivity contribution in [2.24, 2.45) is 5.41 Å². The molecule has 4 heteroatoms.